The van der Waals surface area contributed by atoms with Crippen molar-refractivity contribution in [2.45, 2.75) is 13.3 Å². The van der Waals surface area contributed by atoms with E-state index in [4.69, 9.17) is 0 Å². The summed E-state index contributed by atoms with van der Waals surface area (Å²) in [6, 6.07) is 14.8. The number of rotatable bonds is 1. The maximum Gasteiger partial charge on any atom is 0.296 e. The summed E-state index contributed by atoms with van der Waals surface area (Å²) >= 11 is 0. The quantitative estimate of drug-likeness (QED) is 0.652. The van der Waals surface area contributed by atoms with E-state index in [-0.39, 0.29) is 11.8 Å². The van der Waals surface area contributed by atoms with E-state index >= 15 is 0 Å². The van der Waals surface area contributed by atoms with Crippen molar-refractivity contribution in [3.05, 3.63) is 64.9 Å². The Balaban J connectivity index is 1.31. The van der Waals surface area contributed by atoms with E-state index in [1.807, 2.05) is 21.9 Å². The molecular weight excluding hydrogens is 364 g/mol. The van der Waals surface area contributed by atoms with Gasteiger partial charge in [0.2, 0.25) is 11.9 Å². The molecule has 1 aliphatic carbocycles. The Hall–Kier alpha value is -3.41. The van der Waals surface area contributed by atoms with Crippen molar-refractivity contribution >= 4 is 23.8 Å². The molecule has 1 saturated heterocycles. The third-order valence-corrected chi connectivity index (χ3v) is 5.84. The summed E-state index contributed by atoms with van der Waals surface area (Å²) in [6.45, 7) is 4.22. The zero-order chi connectivity index (χ0) is 20.0. The Morgan fingerprint density at radius 1 is 1.03 bits per heavy atom. The predicted octanol–water partition coefficient (Wildman–Crippen LogP) is 2.25. The third kappa shape index (κ3) is 3.20. The van der Waals surface area contributed by atoms with E-state index in [2.05, 4.69) is 46.7 Å². The highest BCUT2D eigenvalue weighted by atomic mass is 16.2. The van der Waals surface area contributed by atoms with Crippen molar-refractivity contribution in [2.75, 3.05) is 26.2 Å². The number of aliphatic imine (C=N–C) groups is 1. The van der Waals surface area contributed by atoms with Gasteiger partial charge in [-0.25, -0.2) is 0 Å². The van der Waals surface area contributed by atoms with Crippen LogP contribution in [0, 0.1) is 0 Å². The second-order valence-electron chi connectivity index (χ2n) is 7.67. The highest BCUT2D eigenvalue weighted by Gasteiger charge is 2.28. The molecule has 0 atom stereocenters. The topological polar surface area (TPSA) is 65.0 Å². The van der Waals surface area contributed by atoms with Gasteiger partial charge in [0, 0.05) is 33.1 Å². The fourth-order valence-corrected chi connectivity index (χ4v) is 4.26. The number of hydrogen-bond acceptors (Lipinski definition) is 4. The van der Waals surface area contributed by atoms with Crippen LogP contribution in [0.4, 0.5) is 0 Å². The van der Waals surface area contributed by atoms with Crippen molar-refractivity contribution in [1.82, 2.24) is 15.1 Å². The molecule has 0 bridgehead atoms. The largest absolute Gasteiger partial charge is 0.339 e. The third-order valence-electron chi connectivity index (χ3n) is 5.84. The number of nitrogens with one attached hydrogen (secondary N) is 1. The Morgan fingerprint density at radius 2 is 1.79 bits per heavy atom. The number of amides is 2. The number of guanidine groups is 1. The van der Waals surface area contributed by atoms with Gasteiger partial charge >= 0.3 is 0 Å². The first-order valence-electron chi connectivity index (χ1n) is 9.92. The summed E-state index contributed by atoms with van der Waals surface area (Å²) in [5, 5.41) is 3.17. The Kier molecular flexibility index (Phi) is 4.19. The van der Waals surface area contributed by atoms with Crippen LogP contribution in [0.15, 0.2) is 53.2 Å². The highest BCUT2D eigenvalue weighted by molar-refractivity contribution is 6.12. The van der Waals surface area contributed by atoms with Gasteiger partial charge in [0.05, 0.1) is 0 Å². The van der Waals surface area contributed by atoms with Gasteiger partial charge in [-0.1, -0.05) is 42.5 Å². The predicted molar refractivity (Wildman–Crippen MR) is 112 cm³/mol. The summed E-state index contributed by atoms with van der Waals surface area (Å²) in [5.74, 6) is 0.414. The van der Waals surface area contributed by atoms with Gasteiger partial charge in [0.25, 0.3) is 5.91 Å². The van der Waals surface area contributed by atoms with Crippen LogP contribution < -0.4 is 5.32 Å². The highest BCUT2D eigenvalue weighted by Crippen LogP contribution is 2.37. The van der Waals surface area contributed by atoms with Crippen molar-refractivity contribution in [2.24, 2.45) is 4.99 Å². The number of benzene rings is 2. The summed E-state index contributed by atoms with van der Waals surface area (Å²) in [4.78, 5) is 31.9. The SMILES string of the molecule is CC(=O)N1CCN(C2=NC(=O)/C(=C/c3ccc4c(c3)Cc3ccccc3-4)N2)CC1. The van der Waals surface area contributed by atoms with Crippen LogP contribution in [0.1, 0.15) is 23.6 Å². The summed E-state index contributed by atoms with van der Waals surface area (Å²) in [6.07, 6.45) is 2.79. The maximum atomic E-state index is 12.4. The van der Waals surface area contributed by atoms with Crippen LogP contribution in [0.2, 0.25) is 0 Å². The molecule has 1 fully saturated rings. The average molecular weight is 386 g/mol. The molecule has 1 N–H and O–H groups in total. The van der Waals surface area contributed by atoms with Gasteiger partial charge in [-0.3, -0.25) is 9.59 Å². The van der Waals surface area contributed by atoms with Crippen LogP contribution in [0.5, 0.6) is 0 Å². The van der Waals surface area contributed by atoms with Crippen LogP contribution >= 0.6 is 0 Å². The zero-order valence-corrected chi connectivity index (χ0v) is 16.3. The molecule has 0 aromatic heterocycles. The normalized spacial score (nSPS) is 19.1. The first-order chi connectivity index (χ1) is 14.1. The van der Waals surface area contributed by atoms with Crippen LogP contribution in [-0.4, -0.2) is 53.8 Å². The molecule has 2 aromatic carbocycles. The van der Waals surface area contributed by atoms with Crippen molar-refractivity contribution in [3.8, 4) is 11.1 Å². The van der Waals surface area contributed by atoms with Crippen LogP contribution in [-0.2, 0) is 16.0 Å². The summed E-state index contributed by atoms with van der Waals surface area (Å²) < 4.78 is 0. The summed E-state index contributed by atoms with van der Waals surface area (Å²) in [7, 11) is 0. The average Bonchev–Trinajstić information content (AvgIpc) is 3.28. The number of hydrogen-bond donors (Lipinski definition) is 1. The lowest BCUT2D eigenvalue weighted by molar-refractivity contribution is -0.130. The monoisotopic (exact) mass is 386 g/mol. The number of carbonyl (C=O) groups is 2. The molecule has 5 rings (SSSR count). The Bertz CT molecular complexity index is 1080. The van der Waals surface area contributed by atoms with E-state index in [1.54, 1.807) is 6.92 Å². The number of carbonyl (C=O) groups excluding carboxylic acids is 2. The second kappa shape index (κ2) is 6.88. The van der Waals surface area contributed by atoms with Gasteiger partial charge in [0.15, 0.2) is 0 Å². The molecule has 2 aromatic rings. The van der Waals surface area contributed by atoms with Gasteiger partial charge in [-0.05, 0) is 40.3 Å². The molecular formula is C23H22N4O2. The van der Waals surface area contributed by atoms with Gasteiger partial charge in [0.1, 0.15) is 5.70 Å². The van der Waals surface area contributed by atoms with Crippen molar-refractivity contribution in [1.29, 1.82) is 0 Å². The van der Waals surface area contributed by atoms with Crippen LogP contribution in [0.25, 0.3) is 17.2 Å². The maximum absolute atomic E-state index is 12.4. The number of nitrogens with zero attached hydrogens (tertiary/aromatic N) is 3. The minimum Gasteiger partial charge on any atom is -0.339 e. The molecule has 0 spiro atoms. The second-order valence-corrected chi connectivity index (χ2v) is 7.67. The molecule has 2 heterocycles. The standard InChI is InChI=1S/C23H22N4O2/c1-15(28)26-8-10-27(11-9-26)23-24-21(22(29)25-23)13-16-6-7-20-18(12-16)14-17-4-2-3-5-19(17)20/h2-7,12-13H,8-11,14H2,1H3,(H,24,25,29)/b21-13-. The smallest absolute Gasteiger partial charge is 0.296 e. The van der Waals surface area contributed by atoms with Crippen LogP contribution in [0.3, 0.4) is 0 Å². The minimum atomic E-state index is -0.252. The Morgan fingerprint density at radius 3 is 2.59 bits per heavy atom. The molecule has 2 aliphatic heterocycles. The summed E-state index contributed by atoms with van der Waals surface area (Å²) in [5.41, 5.74) is 6.68. The molecule has 2 amide bonds. The first kappa shape index (κ1) is 17.7. The molecule has 0 unspecified atom stereocenters. The van der Waals surface area contributed by atoms with Crippen molar-refractivity contribution < 1.29 is 9.59 Å². The molecule has 146 valence electrons. The van der Waals surface area contributed by atoms with E-state index in [0.717, 1.165) is 12.0 Å². The zero-order valence-electron chi connectivity index (χ0n) is 16.3. The van der Waals surface area contributed by atoms with E-state index < -0.39 is 0 Å². The minimum absolute atomic E-state index is 0.0846. The lowest BCUT2D eigenvalue weighted by Crippen LogP contribution is -2.52. The number of fused-ring (bicyclic) bond motifs is 3. The van der Waals surface area contributed by atoms with E-state index in [1.165, 1.54) is 22.3 Å². The molecule has 3 aliphatic rings. The van der Waals surface area contributed by atoms with Gasteiger partial charge in [-0.2, -0.15) is 4.99 Å². The lowest BCUT2D eigenvalue weighted by atomic mass is 10.0. The fraction of sp³-hybridized carbons (Fsp3) is 0.261. The lowest BCUT2D eigenvalue weighted by Gasteiger charge is -2.34. The number of piperazine rings is 1. The molecule has 6 heteroatoms. The van der Waals surface area contributed by atoms with Gasteiger partial charge in [-0.15, -0.1) is 0 Å². The molecule has 29 heavy (non-hydrogen) atoms. The molecule has 6 nitrogen and oxygen atoms in total. The van der Waals surface area contributed by atoms with E-state index in [9.17, 15) is 9.59 Å². The van der Waals surface area contributed by atoms with E-state index in [0.29, 0.717) is 37.8 Å². The molecule has 0 saturated carbocycles. The molecule has 0 radical (unpaired) electrons. The first-order valence-corrected chi connectivity index (χ1v) is 9.92. The van der Waals surface area contributed by atoms with Gasteiger partial charge < -0.3 is 15.1 Å². The Labute approximate surface area is 169 Å². The fourth-order valence-electron chi connectivity index (χ4n) is 4.26. The van der Waals surface area contributed by atoms with Crippen molar-refractivity contribution in [3.63, 3.8) is 0 Å².